The van der Waals surface area contributed by atoms with Crippen molar-refractivity contribution in [3.8, 4) is 0 Å². The monoisotopic (exact) mass is 262 g/mol. The number of rotatable bonds is 5. The van der Waals surface area contributed by atoms with Crippen LogP contribution in [0.15, 0.2) is 24.3 Å². The van der Waals surface area contributed by atoms with Crippen LogP contribution in [0.3, 0.4) is 0 Å². The number of para-hydroxylation sites is 1. The van der Waals surface area contributed by atoms with Gasteiger partial charge < -0.3 is 10.6 Å². The van der Waals surface area contributed by atoms with E-state index in [0.717, 1.165) is 13.0 Å². The Balaban J connectivity index is 0.00000225. The Hall–Kier alpha value is -0.770. The summed E-state index contributed by atoms with van der Waals surface area (Å²) in [5, 5.41) is 6.33. The molecule has 0 saturated carbocycles. The largest absolute Gasteiger partial charge is 0.325 e. The van der Waals surface area contributed by atoms with Gasteiger partial charge in [-0.2, -0.15) is 0 Å². The molecule has 5 heteroatoms. The first-order valence-corrected chi connectivity index (χ1v) is 5.31. The summed E-state index contributed by atoms with van der Waals surface area (Å²) in [5.41, 5.74) is 0.675. The second-order valence-corrected chi connectivity index (χ2v) is 3.64. The number of benzene rings is 1. The standard InChI is InChI=1S/C11H15ClN2O.ClH/c1-13-8-4-7-11(15)14-10-6-3-2-5-9(10)12;/h2-3,5-6,13H,4,7-8H2,1H3,(H,14,15);1H. The number of carbonyl (C=O) groups is 1. The zero-order chi connectivity index (χ0) is 11.1. The Morgan fingerprint density at radius 2 is 2.06 bits per heavy atom. The van der Waals surface area contributed by atoms with Crippen molar-refractivity contribution >= 4 is 35.6 Å². The molecule has 0 bridgehead atoms. The second-order valence-electron chi connectivity index (χ2n) is 3.24. The zero-order valence-electron chi connectivity index (χ0n) is 9.13. The van der Waals surface area contributed by atoms with Crippen molar-refractivity contribution in [2.75, 3.05) is 18.9 Å². The molecule has 1 amide bonds. The van der Waals surface area contributed by atoms with E-state index in [-0.39, 0.29) is 18.3 Å². The minimum absolute atomic E-state index is 0. The lowest BCUT2D eigenvalue weighted by molar-refractivity contribution is -0.116. The zero-order valence-corrected chi connectivity index (χ0v) is 10.7. The summed E-state index contributed by atoms with van der Waals surface area (Å²) < 4.78 is 0. The van der Waals surface area contributed by atoms with Crippen LogP contribution in [0.5, 0.6) is 0 Å². The highest BCUT2D eigenvalue weighted by atomic mass is 35.5. The average Bonchev–Trinajstić information content (AvgIpc) is 2.22. The van der Waals surface area contributed by atoms with Crippen LogP contribution in [0, 0.1) is 0 Å². The molecule has 0 spiro atoms. The van der Waals surface area contributed by atoms with Gasteiger partial charge in [0.1, 0.15) is 0 Å². The van der Waals surface area contributed by atoms with Gasteiger partial charge in [0.2, 0.25) is 5.91 Å². The van der Waals surface area contributed by atoms with Gasteiger partial charge in [-0.1, -0.05) is 23.7 Å². The van der Waals surface area contributed by atoms with E-state index in [1.165, 1.54) is 0 Å². The molecule has 1 aromatic carbocycles. The minimum atomic E-state index is -0.00153. The van der Waals surface area contributed by atoms with E-state index in [0.29, 0.717) is 17.1 Å². The molecule has 0 aliphatic heterocycles. The summed E-state index contributed by atoms with van der Waals surface area (Å²) in [6, 6.07) is 7.22. The average molecular weight is 263 g/mol. The third-order valence-electron chi connectivity index (χ3n) is 1.98. The lowest BCUT2D eigenvalue weighted by Crippen LogP contribution is -2.15. The lowest BCUT2D eigenvalue weighted by Gasteiger charge is -2.06. The Morgan fingerprint density at radius 3 is 2.69 bits per heavy atom. The van der Waals surface area contributed by atoms with Gasteiger partial charge in [-0.25, -0.2) is 0 Å². The van der Waals surface area contributed by atoms with Crippen LogP contribution < -0.4 is 10.6 Å². The first kappa shape index (κ1) is 15.2. The predicted octanol–water partition coefficient (Wildman–Crippen LogP) is 2.70. The van der Waals surface area contributed by atoms with Gasteiger partial charge >= 0.3 is 0 Å². The predicted molar refractivity (Wildman–Crippen MR) is 70.5 cm³/mol. The Kier molecular flexibility index (Phi) is 7.99. The molecule has 0 atom stereocenters. The molecule has 0 fully saturated rings. The van der Waals surface area contributed by atoms with Crippen LogP contribution in [0.4, 0.5) is 5.69 Å². The van der Waals surface area contributed by atoms with Crippen molar-refractivity contribution < 1.29 is 4.79 Å². The van der Waals surface area contributed by atoms with E-state index >= 15 is 0 Å². The van der Waals surface area contributed by atoms with Crippen LogP contribution in [0.1, 0.15) is 12.8 Å². The van der Waals surface area contributed by atoms with Crippen LogP contribution in [0.2, 0.25) is 5.02 Å². The Morgan fingerprint density at radius 1 is 1.38 bits per heavy atom. The summed E-state index contributed by atoms with van der Waals surface area (Å²) in [4.78, 5) is 11.4. The third-order valence-corrected chi connectivity index (χ3v) is 2.31. The van der Waals surface area contributed by atoms with Crippen LogP contribution in [0.25, 0.3) is 0 Å². The fraction of sp³-hybridized carbons (Fsp3) is 0.364. The Bertz CT molecular complexity index is 332. The van der Waals surface area contributed by atoms with Crippen molar-refractivity contribution in [3.63, 3.8) is 0 Å². The normalized spacial score (nSPS) is 9.38. The summed E-state index contributed by atoms with van der Waals surface area (Å²) in [5.74, 6) is -0.00153. The van der Waals surface area contributed by atoms with Crippen molar-refractivity contribution in [3.05, 3.63) is 29.3 Å². The summed E-state index contributed by atoms with van der Waals surface area (Å²) in [7, 11) is 1.87. The molecule has 0 unspecified atom stereocenters. The molecule has 90 valence electrons. The first-order chi connectivity index (χ1) is 7.24. The van der Waals surface area contributed by atoms with Crippen molar-refractivity contribution in [1.82, 2.24) is 5.32 Å². The summed E-state index contributed by atoms with van der Waals surface area (Å²) in [6.07, 6.45) is 1.33. The van der Waals surface area contributed by atoms with Gasteiger partial charge in [0.15, 0.2) is 0 Å². The molecule has 3 nitrogen and oxygen atoms in total. The van der Waals surface area contributed by atoms with Gasteiger partial charge in [0.25, 0.3) is 0 Å². The van der Waals surface area contributed by atoms with E-state index < -0.39 is 0 Å². The number of anilines is 1. The van der Waals surface area contributed by atoms with Gasteiger partial charge in [-0.15, -0.1) is 12.4 Å². The quantitative estimate of drug-likeness (QED) is 0.802. The maximum atomic E-state index is 11.4. The summed E-state index contributed by atoms with van der Waals surface area (Å²) >= 11 is 5.90. The topological polar surface area (TPSA) is 41.1 Å². The molecule has 0 aliphatic rings. The van der Waals surface area contributed by atoms with Gasteiger partial charge in [0.05, 0.1) is 10.7 Å². The smallest absolute Gasteiger partial charge is 0.224 e. The van der Waals surface area contributed by atoms with E-state index in [9.17, 15) is 4.79 Å². The molecule has 0 saturated heterocycles. The fourth-order valence-corrected chi connectivity index (χ4v) is 1.38. The van der Waals surface area contributed by atoms with Gasteiger partial charge in [-0.3, -0.25) is 4.79 Å². The Labute approximate surface area is 107 Å². The maximum absolute atomic E-state index is 11.4. The number of carbonyl (C=O) groups excluding carboxylic acids is 1. The molecule has 0 heterocycles. The highest BCUT2D eigenvalue weighted by molar-refractivity contribution is 6.33. The van der Waals surface area contributed by atoms with Gasteiger partial charge in [0, 0.05) is 6.42 Å². The highest BCUT2D eigenvalue weighted by Gasteiger charge is 2.04. The molecular formula is C11H16Cl2N2O. The molecule has 0 aromatic heterocycles. The van der Waals surface area contributed by atoms with E-state index in [1.807, 2.05) is 19.2 Å². The SMILES string of the molecule is CNCCCC(=O)Nc1ccccc1Cl.Cl. The summed E-state index contributed by atoms with van der Waals surface area (Å²) in [6.45, 7) is 0.843. The maximum Gasteiger partial charge on any atom is 0.224 e. The molecule has 2 N–H and O–H groups in total. The highest BCUT2D eigenvalue weighted by Crippen LogP contribution is 2.20. The number of hydrogen-bond acceptors (Lipinski definition) is 2. The number of nitrogens with one attached hydrogen (secondary N) is 2. The fourth-order valence-electron chi connectivity index (χ4n) is 1.20. The first-order valence-electron chi connectivity index (χ1n) is 4.93. The van der Waals surface area contributed by atoms with Crippen molar-refractivity contribution in [2.45, 2.75) is 12.8 Å². The number of halogens is 2. The molecule has 1 rings (SSSR count). The minimum Gasteiger partial charge on any atom is -0.325 e. The van der Waals surface area contributed by atoms with E-state index in [4.69, 9.17) is 11.6 Å². The molecular weight excluding hydrogens is 247 g/mol. The van der Waals surface area contributed by atoms with Crippen molar-refractivity contribution in [2.24, 2.45) is 0 Å². The number of hydrogen-bond donors (Lipinski definition) is 2. The second kappa shape index (κ2) is 8.39. The lowest BCUT2D eigenvalue weighted by atomic mass is 10.2. The van der Waals surface area contributed by atoms with Crippen molar-refractivity contribution in [1.29, 1.82) is 0 Å². The van der Waals surface area contributed by atoms with E-state index in [2.05, 4.69) is 10.6 Å². The van der Waals surface area contributed by atoms with Gasteiger partial charge in [-0.05, 0) is 32.1 Å². The molecule has 1 aromatic rings. The third kappa shape index (κ3) is 5.35. The molecule has 16 heavy (non-hydrogen) atoms. The van der Waals surface area contributed by atoms with Crippen LogP contribution >= 0.6 is 24.0 Å². The van der Waals surface area contributed by atoms with Crippen LogP contribution in [-0.4, -0.2) is 19.5 Å². The molecule has 0 radical (unpaired) electrons. The number of amides is 1. The van der Waals surface area contributed by atoms with E-state index in [1.54, 1.807) is 12.1 Å². The molecule has 0 aliphatic carbocycles. The van der Waals surface area contributed by atoms with Crippen LogP contribution in [-0.2, 0) is 4.79 Å².